The van der Waals surface area contributed by atoms with Crippen LogP contribution in [0.3, 0.4) is 0 Å². The number of para-hydroxylation sites is 2. The molecule has 1 aliphatic rings. The highest BCUT2D eigenvalue weighted by Crippen LogP contribution is 2.28. The summed E-state index contributed by atoms with van der Waals surface area (Å²) in [6.45, 7) is -1.62. The summed E-state index contributed by atoms with van der Waals surface area (Å²) in [5.74, 6) is -0.0590. The Hall–Kier alpha value is -2.68. The number of halogens is 3. The van der Waals surface area contributed by atoms with E-state index in [2.05, 4.69) is 35.9 Å². The van der Waals surface area contributed by atoms with Crippen LogP contribution in [-0.2, 0) is 11.2 Å². The first-order chi connectivity index (χ1) is 15.0. The quantitative estimate of drug-likeness (QED) is 0.482. The molecule has 1 N–H and O–H groups in total. The molecule has 0 aliphatic carbocycles. The predicted molar refractivity (Wildman–Crippen MR) is 116 cm³/mol. The predicted octanol–water partition coefficient (Wildman–Crippen LogP) is 4.91. The molecule has 1 unspecified atom stereocenters. The third-order valence-electron chi connectivity index (χ3n) is 5.30. The molecule has 2 heterocycles. The maximum atomic E-state index is 12.6. The molecule has 1 saturated heterocycles. The number of oxazole rings is 1. The van der Waals surface area contributed by atoms with Crippen molar-refractivity contribution in [1.82, 2.24) is 10.3 Å². The monoisotopic (exact) mass is 493 g/mol. The van der Waals surface area contributed by atoms with Crippen molar-refractivity contribution < 1.29 is 22.7 Å². The number of benzene rings is 2. The van der Waals surface area contributed by atoms with Crippen LogP contribution in [-0.4, -0.2) is 36.6 Å². The Labute approximate surface area is 186 Å². The molecule has 6 nitrogen and oxygen atoms in total. The van der Waals surface area contributed by atoms with E-state index in [4.69, 9.17) is 4.42 Å². The van der Waals surface area contributed by atoms with Crippen molar-refractivity contribution in [3.8, 4) is 5.75 Å². The lowest BCUT2D eigenvalue weighted by atomic mass is 10.1. The summed E-state index contributed by atoms with van der Waals surface area (Å²) in [6, 6.07) is 13.1. The van der Waals surface area contributed by atoms with Gasteiger partial charge in [0.2, 0.25) is 5.91 Å². The highest BCUT2D eigenvalue weighted by Gasteiger charge is 2.28. The Kier molecular flexibility index (Phi) is 6.70. The summed E-state index contributed by atoms with van der Waals surface area (Å²) in [7, 11) is 0. The van der Waals surface area contributed by atoms with E-state index in [-0.39, 0.29) is 24.1 Å². The fourth-order valence-electron chi connectivity index (χ4n) is 3.81. The normalized spacial score (nSPS) is 16.3. The maximum absolute atomic E-state index is 12.6. The van der Waals surface area contributed by atoms with Crippen molar-refractivity contribution in [1.29, 1.82) is 0 Å². The molecule has 3 aromatic rings. The van der Waals surface area contributed by atoms with Crippen LogP contribution in [0.1, 0.15) is 24.8 Å². The van der Waals surface area contributed by atoms with Crippen molar-refractivity contribution in [3.05, 3.63) is 52.5 Å². The van der Waals surface area contributed by atoms with E-state index in [1.807, 2.05) is 24.3 Å². The Morgan fingerprint density at radius 1 is 1.32 bits per heavy atom. The lowest BCUT2D eigenvalue weighted by Gasteiger charge is -2.23. The molecule has 0 bridgehead atoms. The number of nitrogens with one attached hydrogen (secondary N) is 1. The first-order valence-corrected chi connectivity index (χ1v) is 10.9. The van der Waals surface area contributed by atoms with E-state index in [0.29, 0.717) is 24.5 Å². The number of hydrogen-bond acceptors (Lipinski definition) is 5. The second-order valence-electron chi connectivity index (χ2n) is 7.39. The Bertz CT molecular complexity index is 1030. The van der Waals surface area contributed by atoms with Gasteiger partial charge in [-0.15, -0.1) is 0 Å². The summed E-state index contributed by atoms with van der Waals surface area (Å²) < 4.78 is 36.4. The minimum absolute atomic E-state index is 0.0870. The van der Waals surface area contributed by atoms with Crippen LogP contribution in [0.2, 0.25) is 0 Å². The number of rotatable bonds is 8. The van der Waals surface area contributed by atoms with Crippen LogP contribution in [0, 0.1) is 0 Å². The second kappa shape index (κ2) is 9.64. The molecule has 1 fully saturated rings. The van der Waals surface area contributed by atoms with E-state index >= 15 is 0 Å². The van der Waals surface area contributed by atoms with Crippen LogP contribution < -0.4 is 15.0 Å². The highest BCUT2D eigenvalue weighted by atomic mass is 79.9. The van der Waals surface area contributed by atoms with Crippen LogP contribution in [0.15, 0.2) is 51.4 Å². The van der Waals surface area contributed by atoms with Gasteiger partial charge in [0.15, 0.2) is 5.58 Å². The molecule has 0 radical (unpaired) electrons. The first-order valence-electron chi connectivity index (χ1n) is 10.1. The van der Waals surface area contributed by atoms with Crippen LogP contribution in [0.5, 0.6) is 5.75 Å². The van der Waals surface area contributed by atoms with Gasteiger partial charge in [-0.25, -0.2) is 0 Å². The largest absolute Gasteiger partial charge is 0.435 e. The number of anilines is 1. The average Bonchev–Trinajstić information content (AvgIpc) is 3.38. The molecule has 9 heteroatoms. The first kappa shape index (κ1) is 21.5. The molecule has 1 aliphatic heterocycles. The van der Waals surface area contributed by atoms with Gasteiger partial charge in [-0.2, -0.15) is 13.8 Å². The van der Waals surface area contributed by atoms with E-state index < -0.39 is 6.61 Å². The molecule has 164 valence electrons. The summed E-state index contributed by atoms with van der Waals surface area (Å²) in [5, 5.41) is 2.95. The van der Waals surface area contributed by atoms with Crippen LogP contribution in [0.25, 0.3) is 11.1 Å². The van der Waals surface area contributed by atoms with E-state index in [1.54, 1.807) is 12.1 Å². The number of aryl methyl sites for hydroxylation is 1. The minimum atomic E-state index is -2.91. The molecular formula is C22H22BrF2N3O3. The van der Waals surface area contributed by atoms with Gasteiger partial charge in [-0.1, -0.05) is 28.1 Å². The van der Waals surface area contributed by atoms with Gasteiger partial charge in [0.25, 0.3) is 6.01 Å². The molecule has 4 rings (SSSR count). The summed E-state index contributed by atoms with van der Waals surface area (Å²) in [5.41, 5.74) is 2.10. The molecular weight excluding hydrogens is 472 g/mol. The van der Waals surface area contributed by atoms with Crippen molar-refractivity contribution in [2.24, 2.45) is 0 Å². The highest BCUT2D eigenvalue weighted by molar-refractivity contribution is 9.10. The van der Waals surface area contributed by atoms with Crippen LogP contribution >= 0.6 is 15.9 Å². The van der Waals surface area contributed by atoms with Gasteiger partial charge in [-0.3, -0.25) is 4.79 Å². The standard InChI is InChI=1S/C22H22BrF2N3O3/c23-15-8-9-18(30-21(24)25)14(12-15)7-10-20(29)26-13-16-4-3-11-28(16)22-27-17-5-1-2-6-19(17)31-22/h1-2,5-6,8-9,12,16,21H,3-4,7,10-11,13H2,(H,26,29). The molecule has 1 amide bonds. The third kappa shape index (κ3) is 5.33. The average molecular weight is 494 g/mol. The number of amides is 1. The number of aromatic nitrogens is 1. The van der Waals surface area contributed by atoms with Gasteiger partial charge < -0.3 is 19.4 Å². The lowest BCUT2D eigenvalue weighted by molar-refractivity contribution is -0.121. The number of fused-ring (bicyclic) bond motifs is 1. The summed E-state index contributed by atoms with van der Waals surface area (Å²) in [6.07, 6.45) is 2.39. The summed E-state index contributed by atoms with van der Waals surface area (Å²) in [4.78, 5) is 19.0. The zero-order valence-corrected chi connectivity index (χ0v) is 18.3. The van der Waals surface area contributed by atoms with Crippen LogP contribution in [0.4, 0.5) is 14.8 Å². The summed E-state index contributed by atoms with van der Waals surface area (Å²) >= 11 is 3.32. The molecule has 31 heavy (non-hydrogen) atoms. The molecule has 1 atom stereocenters. The van der Waals surface area contributed by atoms with Gasteiger partial charge in [0, 0.05) is 24.0 Å². The van der Waals surface area contributed by atoms with E-state index in [9.17, 15) is 13.6 Å². The van der Waals surface area contributed by atoms with E-state index in [1.165, 1.54) is 6.07 Å². The molecule has 2 aromatic carbocycles. The number of nitrogens with zero attached hydrogens (tertiary/aromatic N) is 2. The van der Waals surface area contributed by atoms with Gasteiger partial charge >= 0.3 is 6.61 Å². The fourth-order valence-corrected chi connectivity index (χ4v) is 4.21. The minimum Gasteiger partial charge on any atom is -0.435 e. The number of carbonyl (C=O) groups is 1. The van der Waals surface area contributed by atoms with Gasteiger partial charge in [-0.05, 0) is 55.2 Å². The molecule has 0 spiro atoms. The van der Waals surface area contributed by atoms with E-state index in [0.717, 1.165) is 35.0 Å². The van der Waals surface area contributed by atoms with Crippen molar-refractivity contribution in [2.75, 3.05) is 18.0 Å². The van der Waals surface area contributed by atoms with Crippen molar-refractivity contribution in [2.45, 2.75) is 38.3 Å². The SMILES string of the molecule is O=C(CCc1cc(Br)ccc1OC(F)F)NCC1CCCN1c1nc2ccccc2o1. The van der Waals surface area contributed by atoms with Gasteiger partial charge in [0.05, 0.1) is 6.04 Å². The fraction of sp³-hybridized carbons (Fsp3) is 0.364. The number of hydrogen-bond donors (Lipinski definition) is 1. The number of carbonyl (C=O) groups excluding carboxylic acids is 1. The number of alkyl halides is 2. The van der Waals surface area contributed by atoms with Crippen molar-refractivity contribution >= 4 is 39.0 Å². The Morgan fingerprint density at radius 3 is 2.97 bits per heavy atom. The number of ether oxygens (including phenoxy) is 1. The lowest BCUT2D eigenvalue weighted by Crippen LogP contribution is -2.40. The van der Waals surface area contributed by atoms with Gasteiger partial charge in [0.1, 0.15) is 11.3 Å². The Balaban J connectivity index is 1.33. The molecule has 1 aromatic heterocycles. The molecule has 0 saturated carbocycles. The Morgan fingerprint density at radius 2 is 2.16 bits per heavy atom. The topological polar surface area (TPSA) is 67.6 Å². The second-order valence-corrected chi connectivity index (χ2v) is 8.30. The zero-order valence-electron chi connectivity index (χ0n) is 16.7. The zero-order chi connectivity index (χ0) is 21.8. The smallest absolute Gasteiger partial charge is 0.387 e. The third-order valence-corrected chi connectivity index (χ3v) is 5.79. The maximum Gasteiger partial charge on any atom is 0.387 e. The van der Waals surface area contributed by atoms with Crippen molar-refractivity contribution in [3.63, 3.8) is 0 Å².